The van der Waals surface area contributed by atoms with Crippen LogP contribution in [-0.2, 0) is 11.2 Å². The smallest absolute Gasteiger partial charge is 0.230 e. The van der Waals surface area contributed by atoms with Crippen LogP contribution in [0.4, 0.5) is 5.82 Å². The number of aromatic nitrogens is 2. The fraction of sp³-hybridized carbons (Fsp3) is 0.0625. The van der Waals surface area contributed by atoms with Gasteiger partial charge in [0.1, 0.15) is 5.15 Å². The van der Waals surface area contributed by atoms with E-state index in [1.165, 1.54) is 12.4 Å². The third kappa shape index (κ3) is 3.17. The number of hydrogen-bond acceptors (Lipinski definition) is 3. The Balaban J connectivity index is 1.79. The molecule has 1 amide bonds. The molecule has 0 spiro atoms. The van der Waals surface area contributed by atoms with Crippen molar-refractivity contribution in [1.29, 1.82) is 0 Å². The molecule has 1 aromatic heterocycles. The predicted octanol–water partition coefficient (Wildman–Crippen LogP) is 3.46. The zero-order chi connectivity index (χ0) is 14.7. The molecule has 0 aliphatic heterocycles. The number of nitrogens with one attached hydrogen (secondary N) is 1. The SMILES string of the molecule is O=C(Cc1cccc2ccccc12)Nc1cnc(Cl)cn1. The average Bonchev–Trinajstić information content (AvgIpc) is 2.50. The average molecular weight is 298 g/mol. The molecule has 0 saturated carbocycles. The summed E-state index contributed by atoms with van der Waals surface area (Å²) >= 11 is 5.66. The van der Waals surface area contributed by atoms with Crippen LogP contribution in [0, 0.1) is 0 Å². The van der Waals surface area contributed by atoms with E-state index in [1.807, 2.05) is 42.5 Å². The van der Waals surface area contributed by atoms with E-state index in [2.05, 4.69) is 15.3 Å². The van der Waals surface area contributed by atoms with Gasteiger partial charge in [-0.05, 0) is 16.3 Å². The molecular formula is C16H12ClN3O. The van der Waals surface area contributed by atoms with Crippen molar-refractivity contribution in [3.8, 4) is 0 Å². The van der Waals surface area contributed by atoms with Crippen LogP contribution in [0.25, 0.3) is 10.8 Å². The van der Waals surface area contributed by atoms with Gasteiger partial charge in [0, 0.05) is 0 Å². The first-order valence-corrected chi connectivity index (χ1v) is 6.84. The summed E-state index contributed by atoms with van der Waals surface area (Å²) in [5.41, 5.74) is 0.979. The van der Waals surface area contributed by atoms with Crippen LogP contribution in [0.2, 0.25) is 5.15 Å². The summed E-state index contributed by atoms with van der Waals surface area (Å²) in [6, 6.07) is 13.9. The van der Waals surface area contributed by atoms with Gasteiger partial charge < -0.3 is 5.32 Å². The Morgan fingerprint density at radius 3 is 2.67 bits per heavy atom. The molecule has 0 fully saturated rings. The third-order valence-corrected chi connectivity index (χ3v) is 3.31. The lowest BCUT2D eigenvalue weighted by Crippen LogP contribution is -2.15. The molecule has 1 N–H and O–H groups in total. The number of rotatable bonds is 3. The number of halogens is 1. The van der Waals surface area contributed by atoms with Crippen LogP contribution in [0.5, 0.6) is 0 Å². The Bertz CT molecular complexity index is 782. The molecule has 5 heteroatoms. The molecule has 0 atom stereocenters. The molecule has 0 bridgehead atoms. The Hall–Kier alpha value is -2.46. The summed E-state index contributed by atoms with van der Waals surface area (Å²) in [7, 11) is 0. The Kier molecular flexibility index (Phi) is 3.79. The van der Waals surface area contributed by atoms with E-state index in [0.717, 1.165) is 16.3 Å². The lowest BCUT2D eigenvalue weighted by atomic mass is 10.0. The first-order valence-electron chi connectivity index (χ1n) is 6.46. The molecule has 1 heterocycles. The number of nitrogens with zero attached hydrogens (tertiary/aromatic N) is 2. The molecule has 2 aromatic carbocycles. The number of anilines is 1. The molecule has 0 radical (unpaired) electrons. The number of carbonyl (C=O) groups is 1. The number of fused-ring (bicyclic) bond motifs is 1. The van der Waals surface area contributed by atoms with Gasteiger partial charge in [0.05, 0.1) is 18.8 Å². The zero-order valence-electron chi connectivity index (χ0n) is 11.1. The standard InChI is InChI=1S/C16H12ClN3O/c17-14-9-19-15(10-18-14)20-16(21)8-12-6-3-5-11-4-1-2-7-13(11)12/h1-7,9-10H,8H2,(H,19,20,21). The fourth-order valence-corrected chi connectivity index (χ4v) is 2.28. The van der Waals surface area contributed by atoms with Crippen LogP contribution in [-0.4, -0.2) is 15.9 Å². The highest BCUT2D eigenvalue weighted by Gasteiger charge is 2.08. The monoisotopic (exact) mass is 297 g/mol. The highest BCUT2D eigenvalue weighted by Crippen LogP contribution is 2.19. The van der Waals surface area contributed by atoms with E-state index < -0.39 is 0 Å². The van der Waals surface area contributed by atoms with Crippen LogP contribution >= 0.6 is 11.6 Å². The van der Waals surface area contributed by atoms with Gasteiger partial charge in [-0.3, -0.25) is 4.79 Å². The van der Waals surface area contributed by atoms with E-state index in [1.54, 1.807) is 0 Å². The summed E-state index contributed by atoms with van der Waals surface area (Å²) in [6.45, 7) is 0. The molecule has 21 heavy (non-hydrogen) atoms. The van der Waals surface area contributed by atoms with E-state index >= 15 is 0 Å². The van der Waals surface area contributed by atoms with Crippen molar-refractivity contribution >= 4 is 34.1 Å². The maximum atomic E-state index is 12.1. The molecule has 0 unspecified atom stereocenters. The fourth-order valence-electron chi connectivity index (χ4n) is 2.18. The van der Waals surface area contributed by atoms with E-state index in [4.69, 9.17) is 11.6 Å². The Labute approximate surface area is 126 Å². The maximum absolute atomic E-state index is 12.1. The van der Waals surface area contributed by atoms with Crippen molar-refractivity contribution in [3.63, 3.8) is 0 Å². The maximum Gasteiger partial charge on any atom is 0.230 e. The second-order valence-corrected chi connectivity index (χ2v) is 4.97. The summed E-state index contributed by atoms with van der Waals surface area (Å²) < 4.78 is 0. The van der Waals surface area contributed by atoms with Crippen molar-refractivity contribution in [2.24, 2.45) is 0 Å². The molecule has 0 aliphatic rings. The molecule has 3 rings (SSSR count). The van der Waals surface area contributed by atoms with E-state index in [9.17, 15) is 4.79 Å². The Morgan fingerprint density at radius 1 is 1.05 bits per heavy atom. The van der Waals surface area contributed by atoms with Gasteiger partial charge in [-0.25, -0.2) is 9.97 Å². The summed E-state index contributed by atoms with van der Waals surface area (Å²) in [4.78, 5) is 20.0. The number of carbonyl (C=O) groups excluding carboxylic acids is 1. The minimum Gasteiger partial charge on any atom is -0.309 e. The quantitative estimate of drug-likeness (QED) is 0.805. The first-order chi connectivity index (χ1) is 10.2. The highest BCUT2D eigenvalue weighted by atomic mass is 35.5. The lowest BCUT2D eigenvalue weighted by Gasteiger charge is -2.07. The Morgan fingerprint density at radius 2 is 1.86 bits per heavy atom. The summed E-state index contributed by atoms with van der Waals surface area (Å²) in [5, 5.41) is 5.21. The molecule has 0 saturated heterocycles. The van der Waals surface area contributed by atoms with Crippen LogP contribution in [0.3, 0.4) is 0 Å². The van der Waals surface area contributed by atoms with Crippen molar-refractivity contribution in [3.05, 3.63) is 65.6 Å². The molecule has 104 valence electrons. The molecule has 3 aromatic rings. The first kappa shape index (κ1) is 13.5. The second kappa shape index (κ2) is 5.89. The third-order valence-electron chi connectivity index (χ3n) is 3.12. The van der Waals surface area contributed by atoms with E-state index in [0.29, 0.717) is 11.0 Å². The lowest BCUT2D eigenvalue weighted by molar-refractivity contribution is -0.115. The van der Waals surface area contributed by atoms with Gasteiger partial charge in [-0.1, -0.05) is 54.1 Å². The minimum atomic E-state index is -0.136. The highest BCUT2D eigenvalue weighted by molar-refractivity contribution is 6.29. The summed E-state index contributed by atoms with van der Waals surface area (Å²) in [5.74, 6) is 0.257. The van der Waals surface area contributed by atoms with Crippen molar-refractivity contribution in [2.75, 3.05) is 5.32 Å². The number of hydrogen-bond donors (Lipinski definition) is 1. The minimum absolute atomic E-state index is 0.136. The number of benzene rings is 2. The van der Waals surface area contributed by atoms with Crippen molar-refractivity contribution in [2.45, 2.75) is 6.42 Å². The largest absolute Gasteiger partial charge is 0.309 e. The molecule has 4 nitrogen and oxygen atoms in total. The topological polar surface area (TPSA) is 54.9 Å². The van der Waals surface area contributed by atoms with Crippen LogP contribution < -0.4 is 5.32 Å². The zero-order valence-corrected chi connectivity index (χ0v) is 11.8. The van der Waals surface area contributed by atoms with Crippen LogP contribution in [0.15, 0.2) is 54.9 Å². The van der Waals surface area contributed by atoms with Gasteiger partial charge >= 0.3 is 0 Å². The van der Waals surface area contributed by atoms with Crippen molar-refractivity contribution < 1.29 is 4.79 Å². The van der Waals surface area contributed by atoms with Gasteiger partial charge in [0.2, 0.25) is 5.91 Å². The van der Waals surface area contributed by atoms with Crippen LogP contribution in [0.1, 0.15) is 5.56 Å². The molecular weight excluding hydrogens is 286 g/mol. The molecule has 0 aliphatic carbocycles. The van der Waals surface area contributed by atoms with Gasteiger partial charge in [0.25, 0.3) is 0 Å². The predicted molar refractivity (Wildman–Crippen MR) is 83.3 cm³/mol. The summed E-state index contributed by atoms with van der Waals surface area (Å²) in [6.07, 6.45) is 3.12. The van der Waals surface area contributed by atoms with E-state index in [-0.39, 0.29) is 12.3 Å². The van der Waals surface area contributed by atoms with Gasteiger partial charge in [-0.2, -0.15) is 0 Å². The van der Waals surface area contributed by atoms with Gasteiger partial charge in [0.15, 0.2) is 5.82 Å². The normalized spacial score (nSPS) is 10.5. The van der Waals surface area contributed by atoms with Gasteiger partial charge in [-0.15, -0.1) is 0 Å². The number of amides is 1. The second-order valence-electron chi connectivity index (χ2n) is 4.59. The van der Waals surface area contributed by atoms with Crippen molar-refractivity contribution in [1.82, 2.24) is 9.97 Å².